The van der Waals surface area contributed by atoms with Crippen LogP contribution in [0.3, 0.4) is 0 Å². The summed E-state index contributed by atoms with van der Waals surface area (Å²) in [5, 5.41) is 12.9. The lowest BCUT2D eigenvalue weighted by Gasteiger charge is -2.15. The first kappa shape index (κ1) is 13.6. The van der Waals surface area contributed by atoms with E-state index in [1.54, 1.807) is 12.1 Å². The zero-order valence-corrected chi connectivity index (χ0v) is 11.5. The van der Waals surface area contributed by atoms with Gasteiger partial charge in [-0.1, -0.05) is 48.0 Å². The number of nitrogens with one attached hydrogen (secondary N) is 1. The van der Waals surface area contributed by atoms with Crippen LogP contribution in [0.25, 0.3) is 0 Å². The van der Waals surface area contributed by atoms with Crippen molar-refractivity contribution in [3.05, 3.63) is 70.2 Å². The molecule has 96 valence electrons. The summed E-state index contributed by atoms with van der Waals surface area (Å²) in [4.78, 5) is 0. The van der Waals surface area contributed by atoms with E-state index in [4.69, 9.17) is 16.9 Å². The first-order valence-corrected chi connectivity index (χ1v) is 6.55. The summed E-state index contributed by atoms with van der Waals surface area (Å²) in [6.07, 6.45) is 0. The average molecular weight is 271 g/mol. The molecule has 1 unspecified atom stereocenters. The molecule has 0 aliphatic heterocycles. The fourth-order valence-electron chi connectivity index (χ4n) is 1.88. The highest BCUT2D eigenvalue weighted by atomic mass is 35.5. The number of nitriles is 1. The third-order valence-electron chi connectivity index (χ3n) is 3.08. The molecule has 0 bridgehead atoms. The fourth-order valence-corrected chi connectivity index (χ4v) is 2.13. The zero-order chi connectivity index (χ0) is 13.7. The Kier molecular flexibility index (Phi) is 4.57. The number of hydrogen-bond donors (Lipinski definition) is 1. The van der Waals surface area contributed by atoms with Crippen LogP contribution in [-0.4, -0.2) is 0 Å². The van der Waals surface area contributed by atoms with Gasteiger partial charge in [0, 0.05) is 17.6 Å². The van der Waals surface area contributed by atoms with Crippen molar-refractivity contribution in [1.82, 2.24) is 5.32 Å². The van der Waals surface area contributed by atoms with E-state index in [9.17, 15) is 0 Å². The summed E-state index contributed by atoms with van der Waals surface area (Å²) in [7, 11) is 0. The smallest absolute Gasteiger partial charge is 0.0992 e. The summed E-state index contributed by atoms with van der Waals surface area (Å²) < 4.78 is 0. The molecule has 1 atom stereocenters. The summed E-state index contributed by atoms with van der Waals surface area (Å²) in [5.74, 6) is 0. The first-order chi connectivity index (χ1) is 9.20. The Labute approximate surface area is 118 Å². The minimum Gasteiger partial charge on any atom is -0.306 e. The van der Waals surface area contributed by atoms with E-state index < -0.39 is 0 Å². The molecule has 2 rings (SSSR count). The number of halogens is 1. The van der Waals surface area contributed by atoms with Crippen molar-refractivity contribution < 1.29 is 0 Å². The molecule has 0 saturated heterocycles. The van der Waals surface area contributed by atoms with Gasteiger partial charge in [-0.05, 0) is 30.2 Å². The first-order valence-electron chi connectivity index (χ1n) is 6.17. The average Bonchev–Trinajstić information content (AvgIpc) is 2.46. The van der Waals surface area contributed by atoms with Crippen LogP contribution >= 0.6 is 11.6 Å². The second-order valence-electron chi connectivity index (χ2n) is 4.43. The molecule has 3 heteroatoms. The van der Waals surface area contributed by atoms with Crippen LogP contribution in [0.1, 0.15) is 29.7 Å². The Balaban J connectivity index is 2.01. The summed E-state index contributed by atoms with van der Waals surface area (Å²) >= 11 is 6.15. The highest BCUT2D eigenvalue weighted by Crippen LogP contribution is 2.19. The molecule has 0 heterocycles. The molecule has 0 fully saturated rings. The largest absolute Gasteiger partial charge is 0.306 e. The fraction of sp³-hybridized carbons (Fsp3) is 0.188. The second kappa shape index (κ2) is 6.38. The van der Waals surface area contributed by atoms with Gasteiger partial charge < -0.3 is 5.32 Å². The van der Waals surface area contributed by atoms with Gasteiger partial charge in [-0.2, -0.15) is 5.26 Å². The predicted molar refractivity (Wildman–Crippen MR) is 77.9 cm³/mol. The number of nitrogens with zero attached hydrogens (tertiary/aromatic N) is 1. The SMILES string of the molecule is CC(NCc1ccc(C#N)cc1Cl)c1ccccc1. The van der Waals surface area contributed by atoms with Crippen molar-refractivity contribution in [2.24, 2.45) is 0 Å². The molecular weight excluding hydrogens is 256 g/mol. The molecule has 0 aromatic heterocycles. The third-order valence-corrected chi connectivity index (χ3v) is 3.43. The van der Waals surface area contributed by atoms with E-state index in [0.717, 1.165) is 5.56 Å². The van der Waals surface area contributed by atoms with Crippen LogP contribution in [0.15, 0.2) is 48.5 Å². The maximum absolute atomic E-state index is 8.80. The van der Waals surface area contributed by atoms with E-state index in [1.165, 1.54) is 5.56 Å². The van der Waals surface area contributed by atoms with Crippen LogP contribution in [0, 0.1) is 11.3 Å². The van der Waals surface area contributed by atoms with E-state index in [2.05, 4.69) is 30.4 Å². The summed E-state index contributed by atoms with van der Waals surface area (Å²) in [5.41, 5.74) is 2.83. The summed E-state index contributed by atoms with van der Waals surface area (Å²) in [6.45, 7) is 2.80. The van der Waals surface area contributed by atoms with Crippen molar-refractivity contribution in [1.29, 1.82) is 5.26 Å². The van der Waals surface area contributed by atoms with E-state index in [1.807, 2.05) is 24.3 Å². The highest BCUT2D eigenvalue weighted by molar-refractivity contribution is 6.31. The molecular formula is C16H15ClN2. The second-order valence-corrected chi connectivity index (χ2v) is 4.84. The minimum absolute atomic E-state index is 0.257. The van der Waals surface area contributed by atoms with Crippen LogP contribution in [0.4, 0.5) is 0 Å². The van der Waals surface area contributed by atoms with Gasteiger partial charge in [0.05, 0.1) is 11.6 Å². The Morgan fingerprint density at radius 1 is 1.21 bits per heavy atom. The predicted octanol–water partition coefficient (Wildman–Crippen LogP) is 4.06. The minimum atomic E-state index is 0.257. The van der Waals surface area contributed by atoms with Crippen molar-refractivity contribution in [3.63, 3.8) is 0 Å². The lowest BCUT2D eigenvalue weighted by Crippen LogP contribution is -2.18. The zero-order valence-electron chi connectivity index (χ0n) is 10.7. The van der Waals surface area contributed by atoms with Crippen molar-refractivity contribution in [2.45, 2.75) is 19.5 Å². The Bertz CT molecular complexity index is 587. The van der Waals surface area contributed by atoms with Crippen molar-refractivity contribution in [2.75, 3.05) is 0 Å². The number of benzene rings is 2. The monoisotopic (exact) mass is 270 g/mol. The molecule has 0 amide bonds. The van der Waals surface area contributed by atoms with Gasteiger partial charge in [0.15, 0.2) is 0 Å². The molecule has 2 aromatic rings. The normalized spacial score (nSPS) is 11.8. The molecule has 0 saturated carbocycles. The van der Waals surface area contributed by atoms with E-state index in [0.29, 0.717) is 17.1 Å². The molecule has 0 spiro atoms. The van der Waals surface area contributed by atoms with Crippen LogP contribution in [0.5, 0.6) is 0 Å². The standard InChI is InChI=1S/C16H15ClN2/c1-12(14-5-3-2-4-6-14)19-11-15-8-7-13(10-18)9-16(15)17/h2-9,12,19H,11H2,1H3. The molecule has 0 radical (unpaired) electrons. The van der Waals surface area contributed by atoms with Gasteiger partial charge in [0.2, 0.25) is 0 Å². The maximum atomic E-state index is 8.80. The lowest BCUT2D eigenvalue weighted by molar-refractivity contribution is 0.575. The van der Waals surface area contributed by atoms with E-state index >= 15 is 0 Å². The number of rotatable bonds is 4. The molecule has 1 N–H and O–H groups in total. The third kappa shape index (κ3) is 3.57. The maximum Gasteiger partial charge on any atom is 0.0992 e. The summed E-state index contributed by atoms with van der Waals surface area (Å²) in [6, 6.07) is 18.0. The Morgan fingerprint density at radius 3 is 2.58 bits per heavy atom. The molecule has 19 heavy (non-hydrogen) atoms. The van der Waals surface area contributed by atoms with Crippen molar-refractivity contribution in [3.8, 4) is 6.07 Å². The highest BCUT2D eigenvalue weighted by Gasteiger charge is 2.06. The van der Waals surface area contributed by atoms with Crippen LogP contribution in [-0.2, 0) is 6.54 Å². The lowest BCUT2D eigenvalue weighted by atomic mass is 10.1. The quantitative estimate of drug-likeness (QED) is 0.909. The van der Waals surface area contributed by atoms with Gasteiger partial charge >= 0.3 is 0 Å². The van der Waals surface area contributed by atoms with Gasteiger partial charge in [-0.25, -0.2) is 0 Å². The van der Waals surface area contributed by atoms with Gasteiger partial charge in [-0.15, -0.1) is 0 Å². The Morgan fingerprint density at radius 2 is 1.95 bits per heavy atom. The van der Waals surface area contributed by atoms with Crippen molar-refractivity contribution >= 4 is 11.6 Å². The van der Waals surface area contributed by atoms with Gasteiger partial charge in [0.25, 0.3) is 0 Å². The molecule has 2 nitrogen and oxygen atoms in total. The molecule has 0 aliphatic rings. The van der Waals surface area contributed by atoms with Gasteiger partial charge in [0.1, 0.15) is 0 Å². The molecule has 2 aromatic carbocycles. The Hall–Kier alpha value is -1.82. The van der Waals surface area contributed by atoms with Gasteiger partial charge in [-0.3, -0.25) is 0 Å². The number of hydrogen-bond acceptors (Lipinski definition) is 2. The van der Waals surface area contributed by atoms with Crippen LogP contribution in [0.2, 0.25) is 5.02 Å². The van der Waals surface area contributed by atoms with E-state index in [-0.39, 0.29) is 6.04 Å². The topological polar surface area (TPSA) is 35.8 Å². The molecule has 0 aliphatic carbocycles. The van der Waals surface area contributed by atoms with Crippen LogP contribution < -0.4 is 5.32 Å².